The van der Waals surface area contributed by atoms with Crippen LogP contribution in [0.4, 0.5) is 4.79 Å². The Kier molecular flexibility index (Phi) is 5.78. The molecule has 1 heterocycles. The molecule has 1 aliphatic rings. The molecule has 3 N–H and O–H groups in total. The fourth-order valence-corrected chi connectivity index (χ4v) is 2.59. The zero-order chi connectivity index (χ0) is 17.1. The van der Waals surface area contributed by atoms with Gasteiger partial charge in [-0.25, -0.2) is 9.59 Å². The summed E-state index contributed by atoms with van der Waals surface area (Å²) in [7, 11) is 2.04. The van der Waals surface area contributed by atoms with Crippen LogP contribution in [0.15, 0.2) is 0 Å². The van der Waals surface area contributed by atoms with Crippen molar-refractivity contribution in [1.82, 2.24) is 15.3 Å². The van der Waals surface area contributed by atoms with Crippen LogP contribution < -0.4 is 10.4 Å². The maximum atomic E-state index is 12.8. The molecule has 4 atom stereocenters. The highest BCUT2D eigenvalue weighted by atomic mass is 31.0. The maximum Gasteiger partial charge on any atom is 0.327 e. The van der Waals surface area contributed by atoms with Crippen LogP contribution in [0.1, 0.15) is 27.2 Å². The summed E-state index contributed by atoms with van der Waals surface area (Å²) in [4.78, 5) is 37.0. The van der Waals surface area contributed by atoms with Gasteiger partial charge in [-0.05, 0) is 21.2 Å². The Bertz CT molecular complexity index is 509. The number of terminal acetylenes is 1. The van der Waals surface area contributed by atoms with E-state index in [0.717, 1.165) is 0 Å². The Morgan fingerprint density at radius 1 is 1.41 bits per heavy atom. The van der Waals surface area contributed by atoms with Gasteiger partial charge in [0.05, 0.1) is 5.92 Å². The van der Waals surface area contributed by atoms with E-state index in [-0.39, 0.29) is 6.54 Å². The molecule has 1 saturated heterocycles. The van der Waals surface area contributed by atoms with E-state index < -0.39 is 41.3 Å². The molecule has 1 fully saturated rings. The fourth-order valence-electron chi connectivity index (χ4n) is 2.51. The summed E-state index contributed by atoms with van der Waals surface area (Å²) in [6, 6.07) is -2.44. The van der Waals surface area contributed by atoms with Gasteiger partial charge in [-0.3, -0.25) is 4.79 Å². The minimum atomic E-state index is -1.13. The molecule has 1 rings (SSSR count). The zero-order valence-electron chi connectivity index (χ0n) is 12.9. The second-order valence-corrected chi connectivity index (χ2v) is 6.58. The van der Waals surface area contributed by atoms with Crippen molar-refractivity contribution in [2.45, 2.75) is 39.3 Å². The number of nitrogens with zero attached hydrogens (tertiary/aromatic N) is 1. The normalized spacial score (nSPS) is 22.6. The predicted octanol–water partition coefficient (Wildman–Crippen LogP) is 0.425. The van der Waals surface area contributed by atoms with Gasteiger partial charge in [0.15, 0.2) is 0 Å². The molecule has 0 saturated carbocycles. The number of likely N-dealkylation sites (tertiary alicyclic amines) is 1. The summed E-state index contributed by atoms with van der Waals surface area (Å²) in [5, 5.41) is 14.2. The van der Waals surface area contributed by atoms with Gasteiger partial charge in [-0.2, -0.15) is 0 Å². The van der Waals surface area contributed by atoms with E-state index in [1.807, 2.05) is 9.39 Å². The second kappa shape index (κ2) is 6.97. The summed E-state index contributed by atoms with van der Waals surface area (Å²) in [6.07, 6.45) is 5.79. The third-order valence-electron chi connectivity index (χ3n) is 3.67. The van der Waals surface area contributed by atoms with Crippen LogP contribution >= 0.6 is 9.39 Å². The number of carbonyl (C=O) groups is 3. The molecular weight excluding hydrogens is 305 g/mol. The van der Waals surface area contributed by atoms with Crippen molar-refractivity contribution in [1.29, 1.82) is 0 Å². The predicted molar refractivity (Wildman–Crippen MR) is 84.7 cm³/mol. The third kappa shape index (κ3) is 3.89. The number of carbonyl (C=O) groups excluding carboxylic acids is 2. The van der Waals surface area contributed by atoms with Gasteiger partial charge < -0.3 is 20.4 Å². The molecule has 0 aromatic heterocycles. The van der Waals surface area contributed by atoms with Gasteiger partial charge in [0.25, 0.3) is 0 Å². The first-order valence-electron chi connectivity index (χ1n) is 6.90. The van der Waals surface area contributed by atoms with E-state index in [1.165, 1.54) is 4.90 Å². The fraction of sp³-hybridized carbons (Fsp3) is 0.643. The van der Waals surface area contributed by atoms with Crippen molar-refractivity contribution in [3.8, 4) is 12.3 Å². The summed E-state index contributed by atoms with van der Waals surface area (Å²) in [6.45, 7) is 5.65. The standard InChI is InChI=1S/C14H22N3O4P/c1-5-8-6-7-17(9(8)12(19)20)11(18)10(14(2,3)4)15-13(21)16-22/h1,8-10H,6-7,22H2,2-4H3,(H,19,20)(H2,15,16,21)/t8-,9-,10+/m0/s1. The van der Waals surface area contributed by atoms with E-state index in [1.54, 1.807) is 20.8 Å². The van der Waals surface area contributed by atoms with Gasteiger partial charge in [0, 0.05) is 6.54 Å². The minimum absolute atomic E-state index is 0.265. The first-order valence-corrected chi connectivity index (χ1v) is 7.47. The van der Waals surface area contributed by atoms with Crippen molar-refractivity contribution >= 4 is 27.3 Å². The number of nitrogens with one attached hydrogen (secondary N) is 2. The number of amides is 3. The first-order chi connectivity index (χ1) is 10.1. The number of aliphatic carboxylic acids is 1. The summed E-state index contributed by atoms with van der Waals surface area (Å²) >= 11 is 0. The van der Waals surface area contributed by atoms with Crippen LogP contribution in [0, 0.1) is 23.7 Å². The SMILES string of the molecule is C#C[C@H]1CCN(C(=O)[C@@H](NC(=O)NP)C(C)(C)C)[C@@H]1C(=O)O. The van der Waals surface area contributed by atoms with Crippen LogP contribution in [0.5, 0.6) is 0 Å². The molecular formula is C14H22N3O4P. The van der Waals surface area contributed by atoms with Crippen molar-refractivity contribution in [2.75, 3.05) is 6.54 Å². The molecule has 122 valence electrons. The molecule has 7 nitrogen and oxygen atoms in total. The van der Waals surface area contributed by atoms with Crippen LogP contribution in [0.25, 0.3) is 0 Å². The lowest BCUT2D eigenvalue weighted by Crippen LogP contribution is -2.58. The molecule has 0 bridgehead atoms. The van der Waals surface area contributed by atoms with E-state index in [0.29, 0.717) is 6.42 Å². The van der Waals surface area contributed by atoms with E-state index in [4.69, 9.17) is 6.42 Å². The molecule has 22 heavy (non-hydrogen) atoms. The topological polar surface area (TPSA) is 98.7 Å². The lowest BCUT2D eigenvalue weighted by Gasteiger charge is -2.35. The monoisotopic (exact) mass is 327 g/mol. The lowest BCUT2D eigenvalue weighted by atomic mass is 9.85. The van der Waals surface area contributed by atoms with Crippen LogP contribution in [-0.4, -0.2) is 46.5 Å². The highest BCUT2D eigenvalue weighted by molar-refractivity contribution is 7.15. The number of rotatable bonds is 3. The minimum Gasteiger partial charge on any atom is -0.480 e. The van der Waals surface area contributed by atoms with Gasteiger partial charge >= 0.3 is 12.0 Å². The molecule has 1 unspecified atom stereocenters. The summed E-state index contributed by atoms with van der Waals surface area (Å²) < 4.78 is 0. The van der Waals surface area contributed by atoms with Crippen molar-refractivity contribution in [3.63, 3.8) is 0 Å². The number of carboxylic acid groups (broad SMARTS) is 1. The third-order valence-corrected chi connectivity index (χ3v) is 3.93. The average Bonchev–Trinajstić information content (AvgIpc) is 2.86. The Balaban J connectivity index is 3.06. The Labute approximate surface area is 132 Å². The number of hydrogen-bond donors (Lipinski definition) is 3. The van der Waals surface area contributed by atoms with Gasteiger partial charge in [0.2, 0.25) is 5.91 Å². The van der Waals surface area contributed by atoms with Crippen molar-refractivity contribution < 1.29 is 19.5 Å². The van der Waals surface area contributed by atoms with E-state index >= 15 is 0 Å². The molecule has 0 aliphatic carbocycles. The van der Waals surface area contributed by atoms with Gasteiger partial charge in [-0.15, -0.1) is 12.3 Å². The zero-order valence-corrected chi connectivity index (χ0v) is 14.1. The first kappa shape index (κ1) is 18.2. The smallest absolute Gasteiger partial charge is 0.327 e. The largest absolute Gasteiger partial charge is 0.480 e. The van der Waals surface area contributed by atoms with E-state index in [9.17, 15) is 19.5 Å². The molecule has 8 heteroatoms. The van der Waals surface area contributed by atoms with Crippen LogP contribution in [0.2, 0.25) is 0 Å². The Morgan fingerprint density at radius 3 is 2.41 bits per heavy atom. The molecule has 3 amide bonds. The molecule has 0 radical (unpaired) electrons. The number of hydrogen-bond acceptors (Lipinski definition) is 3. The molecule has 1 aliphatic heterocycles. The van der Waals surface area contributed by atoms with Gasteiger partial charge in [-0.1, -0.05) is 20.8 Å². The summed E-state index contributed by atoms with van der Waals surface area (Å²) in [5.74, 6) is 0.349. The van der Waals surface area contributed by atoms with Gasteiger partial charge in [0.1, 0.15) is 12.1 Å². The molecule has 0 aromatic carbocycles. The number of carboxylic acids is 1. The molecule has 0 spiro atoms. The van der Waals surface area contributed by atoms with Crippen molar-refractivity contribution in [2.24, 2.45) is 11.3 Å². The highest BCUT2D eigenvalue weighted by Gasteiger charge is 2.45. The highest BCUT2D eigenvalue weighted by Crippen LogP contribution is 2.28. The lowest BCUT2D eigenvalue weighted by molar-refractivity contribution is -0.150. The average molecular weight is 327 g/mol. The van der Waals surface area contributed by atoms with Crippen molar-refractivity contribution in [3.05, 3.63) is 0 Å². The van der Waals surface area contributed by atoms with Crippen LogP contribution in [0.3, 0.4) is 0 Å². The van der Waals surface area contributed by atoms with E-state index in [2.05, 4.69) is 16.3 Å². The maximum absolute atomic E-state index is 12.8. The number of urea groups is 1. The Hall–Kier alpha value is -1.80. The second-order valence-electron chi connectivity index (χ2n) is 6.29. The summed E-state index contributed by atoms with van der Waals surface area (Å²) in [5.41, 5.74) is -0.578. The Morgan fingerprint density at radius 2 is 2.00 bits per heavy atom. The quantitative estimate of drug-likeness (QED) is 0.517. The molecule has 0 aromatic rings. The van der Waals surface area contributed by atoms with Crippen LogP contribution in [-0.2, 0) is 9.59 Å².